The van der Waals surface area contributed by atoms with Gasteiger partial charge in [-0.15, -0.1) is 11.6 Å². The van der Waals surface area contributed by atoms with Crippen molar-refractivity contribution in [3.05, 3.63) is 34.9 Å². The molecule has 1 fully saturated rings. The van der Waals surface area contributed by atoms with Gasteiger partial charge in [0.1, 0.15) is 0 Å². The molecule has 2 rings (SSSR count). The minimum Gasteiger partial charge on any atom is -0.338 e. The molecule has 3 heteroatoms. The minimum absolute atomic E-state index is 0.178. The summed E-state index contributed by atoms with van der Waals surface area (Å²) in [4.78, 5) is 14.6. The van der Waals surface area contributed by atoms with Crippen molar-refractivity contribution >= 4 is 17.5 Å². The summed E-state index contributed by atoms with van der Waals surface area (Å²) < 4.78 is 0. The summed E-state index contributed by atoms with van der Waals surface area (Å²) in [5, 5.41) is 0. The molecule has 0 spiro atoms. The van der Waals surface area contributed by atoms with Crippen LogP contribution in [0.3, 0.4) is 0 Å². The summed E-state index contributed by atoms with van der Waals surface area (Å²) in [5.41, 5.74) is 3.12. The Morgan fingerprint density at radius 1 is 1.42 bits per heavy atom. The summed E-state index contributed by atoms with van der Waals surface area (Å²) in [6, 6.07) is 6.05. The Bertz CT molecular complexity index is 456. The number of hydrogen-bond acceptors (Lipinski definition) is 1. The SMILES string of the molecule is Cc1ccc(C(=O)N2CCCC(CCCl)C2)c(C)c1. The molecule has 19 heavy (non-hydrogen) atoms. The average Bonchev–Trinajstić information content (AvgIpc) is 2.39. The molecule has 1 atom stereocenters. The van der Waals surface area contributed by atoms with Crippen LogP contribution in [-0.2, 0) is 0 Å². The first-order chi connectivity index (χ1) is 9.11. The van der Waals surface area contributed by atoms with Crippen molar-refractivity contribution in [2.45, 2.75) is 33.1 Å². The van der Waals surface area contributed by atoms with Gasteiger partial charge in [-0.3, -0.25) is 4.79 Å². The number of likely N-dealkylation sites (tertiary alicyclic amines) is 1. The molecular weight excluding hydrogens is 258 g/mol. The molecule has 104 valence electrons. The standard InChI is InChI=1S/C16H22ClNO/c1-12-5-6-15(13(2)10-12)16(19)18-9-3-4-14(11-18)7-8-17/h5-6,10,14H,3-4,7-9,11H2,1-2H3. The van der Waals surface area contributed by atoms with Crippen LogP contribution in [0.15, 0.2) is 18.2 Å². The highest BCUT2D eigenvalue weighted by molar-refractivity contribution is 6.17. The smallest absolute Gasteiger partial charge is 0.254 e. The fourth-order valence-corrected chi connectivity index (χ4v) is 3.17. The Morgan fingerprint density at radius 2 is 2.21 bits per heavy atom. The van der Waals surface area contributed by atoms with Crippen molar-refractivity contribution in [3.63, 3.8) is 0 Å². The Balaban J connectivity index is 2.10. The van der Waals surface area contributed by atoms with Crippen LogP contribution in [0.5, 0.6) is 0 Å². The van der Waals surface area contributed by atoms with Crippen LogP contribution in [0.4, 0.5) is 0 Å². The highest BCUT2D eigenvalue weighted by Gasteiger charge is 2.24. The molecule has 0 radical (unpaired) electrons. The molecule has 1 heterocycles. The van der Waals surface area contributed by atoms with Crippen LogP contribution in [-0.4, -0.2) is 29.8 Å². The predicted molar refractivity (Wildman–Crippen MR) is 79.9 cm³/mol. The second-order valence-electron chi connectivity index (χ2n) is 5.56. The lowest BCUT2D eigenvalue weighted by Crippen LogP contribution is -2.40. The normalized spacial score (nSPS) is 19.5. The van der Waals surface area contributed by atoms with Gasteiger partial charge in [-0.1, -0.05) is 17.7 Å². The van der Waals surface area contributed by atoms with Gasteiger partial charge in [0.25, 0.3) is 5.91 Å². The monoisotopic (exact) mass is 279 g/mol. The minimum atomic E-state index is 0.178. The van der Waals surface area contributed by atoms with Gasteiger partial charge >= 0.3 is 0 Å². The van der Waals surface area contributed by atoms with E-state index in [9.17, 15) is 4.79 Å². The number of nitrogens with zero attached hydrogens (tertiary/aromatic N) is 1. The second kappa shape index (κ2) is 6.42. The van der Waals surface area contributed by atoms with Crippen molar-refractivity contribution in [1.29, 1.82) is 0 Å². The molecule has 0 aromatic heterocycles. The fraction of sp³-hybridized carbons (Fsp3) is 0.562. The second-order valence-corrected chi connectivity index (χ2v) is 5.93. The number of amides is 1. The third kappa shape index (κ3) is 3.50. The van der Waals surface area contributed by atoms with Gasteiger partial charge in [0, 0.05) is 24.5 Å². The van der Waals surface area contributed by atoms with E-state index >= 15 is 0 Å². The molecule has 1 aliphatic rings. The lowest BCUT2D eigenvalue weighted by Gasteiger charge is -2.33. The molecule has 0 saturated carbocycles. The molecule has 1 aromatic rings. The first-order valence-electron chi connectivity index (χ1n) is 7.04. The third-order valence-corrected chi connectivity index (χ3v) is 4.15. The molecule has 1 saturated heterocycles. The summed E-state index contributed by atoms with van der Waals surface area (Å²) in [7, 11) is 0. The zero-order chi connectivity index (χ0) is 13.8. The van der Waals surface area contributed by atoms with Crippen LogP contribution in [0.2, 0.25) is 0 Å². The van der Waals surface area contributed by atoms with E-state index in [2.05, 4.69) is 13.0 Å². The number of piperidine rings is 1. The topological polar surface area (TPSA) is 20.3 Å². The van der Waals surface area contributed by atoms with E-state index in [1.807, 2.05) is 24.0 Å². The zero-order valence-electron chi connectivity index (χ0n) is 11.8. The Labute approximate surface area is 120 Å². The predicted octanol–water partition coefficient (Wildman–Crippen LogP) is 3.78. The molecule has 0 bridgehead atoms. The number of benzene rings is 1. The van der Waals surface area contributed by atoms with Crippen LogP contribution >= 0.6 is 11.6 Å². The fourth-order valence-electron chi connectivity index (χ4n) is 2.86. The maximum Gasteiger partial charge on any atom is 0.254 e. The Kier molecular flexibility index (Phi) is 4.87. The van der Waals surface area contributed by atoms with Gasteiger partial charge in [-0.25, -0.2) is 0 Å². The van der Waals surface area contributed by atoms with Gasteiger partial charge < -0.3 is 4.90 Å². The van der Waals surface area contributed by atoms with E-state index in [0.717, 1.165) is 37.1 Å². The van der Waals surface area contributed by atoms with Gasteiger partial charge in [-0.2, -0.15) is 0 Å². The first-order valence-corrected chi connectivity index (χ1v) is 7.57. The molecule has 1 aliphatic heterocycles. The van der Waals surface area contributed by atoms with Gasteiger partial charge in [0.15, 0.2) is 0 Å². The summed E-state index contributed by atoms with van der Waals surface area (Å²) in [6.07, 6.45) is 3.31. The van der Waals surface area contributed by atoms with Crippen LogP contribution in [0.1, 0.15) is 40.7 Å². The lowest BCUT2D eigenvalue weighted by molar-refractivity contribution is 0.0671. The molecule has 0 N–H and O–H groups in total. The van der Waals surface area contributed by atoms with E-state index in [1.54, 1.807) is 0 Å². The Morgan fingerprint density at radius 3 is 2.89 bits per heavy atom. The number of carbonyl (C=O) groups is 1. The number of alkyl halides is 1. The molecule has 0 aliphatic carbocycles. The molecule has 1 unspecified atom stereocenters. The van der Waals surface area contributed by atoms with Crippen molar-refractivity contribution < 1.29 is 4.79 Å². The number of hydrogen-bond donors (Lipinski definition) is 0. The summed E-state index contributed by atoms with van der Waals surface area (Å²) in [6.45, 7) is 5.81. The number of halogens is 1. The average molecular weight is 280 g/mol. The van der Waals surface area contributed by atoms with Crippen LogP contribution in [0.25, 0.3) is 0 Å². The molecular formula is C16H22ClNO. The van der Waals surface area contributed by atoms with Crippen LogP contribution in [0, 0.1) is 19.8 Å². The van der Waals surface area contributed by atoms with Gasteiger partial charge in [0.05, 0.1) is 0 Å². The number of carbonyl (C=O) groups excluding carboxylic acids is 1. The van der Waals surface area contributed by atoms with Crippen molar-refractivity contribution in [1.82, 2.24) is 4.90 Å². The highest BCUT2D eigenvalue weighted by atomic mass is 35.5. The number of rotatable bonds is 3. The maximum atomic E-state index is 12.6. The largest absolute Gasteiger partial charge is 0.338 e. The maximum absolute atomic E-state index is 12.6. The lowest BCUT2D eigenvalue weighted by atomic mass is 9.94. The van der Waals surface area contributed by atoms with E-state index in [0.29, 0.717) is 11.8 Å². The highest BCUT2D eigenvalue weighted by Crippen LogP contribution is 2.22. The quantitative estimate of drug-likeness (QED) is 0.771. The van der Waals surface area contributed by atoms with E-state index < -0.39 is 0 Å². The van der Waals surface area contributed by atoms with E-state index in [4.69, 9.17) is 11.6 Å². The van der Waals surface area contributed by atoms with E-state index in [1.165, 1.54) is 12.0 Å². The molecule has 1 amide bonds. The third-order valence-electron chi connectivity index (χ3n) is 3.94. The van der Waals surface area contributed by atoms with Crippen molar-refractivity contribution in [3.8, 4) is 0 Å². The first kappa shape index (κ1) is 14.4. The van der Waals surface area contributed by atoms with Crippen molar-refractivity contribution in [2.24, 2.45) is 5.92 Å². The molecule has 2 nitrogen and oxygen atoms in total. The van der Waals surface area contributed by atoms with E-state index in [-0.39, 0.29) is 5.91 Å². The molecule has 1 aromatic carbocycles. The number of aryl methyl sites for hydroxylation is 2. The zero-order valence-corrected chi connectivity index (χ0v) is 12.5. The summed E-state index contributed by atoms with van der Waals surface area (Å²) in [5.74, 6) is 1.44. The summed E-state index contributed by atoms with van der Waals surface area (Å²) >= 11 is 5.82. The van der Waals surface area contributed by atoms with Gasteiger partial charge in [-0.05, 0) is 50.7 Å². The van der Waals surface area contributed by atoms with Crippen LogP contribution < -0.4 is 0 Å². The van der Waals surface area contributed by atoms with Crippen molar-refractivity contribution in [2.75, 3.05) is 19.0 Å². The Hall–Kier alpha value is -1.02. The van der Waals surface area contributed by atoms with Gasteiger partial charge in [0.2, 0.25) is 0 Å².